The highest BCUT2D eigenvalue weighted by atomic mass is 16.3. The van der Waals surface area contributed by atoms with Gasteiger partial charge in [0.2, 0.25) is 5.91 Å². The molecule has 6 nitrogen and oxygen atoms in total. The smallest absolute Gasteiger partial charge is 0.287 e. The third-order valence-corrected chi connectivity index (χ3v) is 3.92. The first-order valence-electron chi connectivity index (χ1n) is 7.38. The highest BCUT2D eigenvalue weighted by Gasteiger charge is 2.24. The van der Waals surface area contributed by atoms with Crippen LogP contribution in [0.4, 0.5) is 0 Å². The zero-order chi connectivity index (χ0) is 15.2. The number of carbonyl (C=O) groups is 2. The Labute approximate surface area is 123 Å². The average Bonchev–Trinajstić information content (AvgIpc) is 3.15. The van der Waals surface area contributed by atoms with Crippen molar-refractivity contribution in [3.8, 4) is 0 Å². The first kappa shape index (κ1) is 15.6. The van der Waals surface area contributed by atoms with Gasteiger partial charge in [-0.1, -0.05) is 12.8 Å². The Hall–Kier alpha value is -1.82. The number of rotatable bonds is 6. The van der Waals surface area contributed by atoms with Gasteiger partial charge in [-0.25, -0.2) is 0 Å². The van der Waals surface area contributed by atoms with Crippen molar-refractivity contribution in [1.29, 1.82) is 0 Å². The maximum absolute atomic E-state index is 11.9. The van der Waals surface area contributed by atoms with E-state index in [9.17, 15) is 14.7 Å². The van der Waals surface area contributed by atoms with Gasteiger partial charge in [0.05, 0.1) is 12.4 Å². The van der Waals surface area contributed by atoms with Crippen LogP contribution in [0, 0.1) is 5.92 Å². The van der Waals surface area contributed by atoms with E-state index in [-0.39, 0.29) is 24.1 Å². The number of aliphatic hydroxyl groups is 1. The van der Waals surface area contributed by atoms with Crippen molar-refractivity contribution in [2.75, 3.05) is 6.54 Å². The van der Waals surface area contributed by atoms with Crippen LogP contribution in [0.2, 0.25) is 0 Å². The first-order valence-corrected chi connectivity index (χ1v) is 7.38. The lowest BCUT2D eigenvalue weighted by atomic mass is 10.0. The fourth-order valence-electron chi connectivity index (χ4n) is 2.61. The Morgan fingerprint density at radius 2 is 2.14 bits per heavy atom. The minimum absolute atomic E-state index is 0.167. The molecule has 2 unspecified atom stereocenters. The summed E-state index contributed by atoms with van der Waals surface area (Å²) in [5, 5.41) is 15.2. The molecule has 0 saturated heterocycles. The second-order valence-electron chi connectivity index (χ2n) is 5.53. The SMILES string of the molecule is CC(NC(=O)c1ccco1)C(=O)NCC(O)C1CCCC1. The van der Waals surface area contributed by atoms with Gasteiger partial charge in [-0.15, -0.1) is 0 Å². The molecule has 116 valence electrons. The van der Waals surface area contributed by atoms with Crippen LogP contribution < -0.4 is 10.6 Å². The molecule has 0 aromatic carbocycles. The summed E-state index contributed by atoms with van der Waals surface area (Å²) in [4.78, 5) is 23.6. The van der Waals surface area contributed by atoms with Crippen LogP contribution in [0.25, 0.3) is 0 Å². The molecule has 6 heteroatoms. The Morgan fingerprint density at radius 1 is 1.43 bits per heavy atom. The molecule has 1 aromatic heterocycles. The number of amides is 2. The van der Waals surface area contributed by atoms with Crippen LogP contribution in [0.3, 0.4) is 0 Å². The summed E-state index contributed by atoms with van der Waals surface area (Å²) in [6, 6.07) is 2.46. The van der Waals surface area contributed by atoms with E-state index in [0.29, 0.717) is 0 Å². The van der Waals surface area contributed by atoms with E-state index in [0.717, 1.165) is 25.7 Å². The van der Waals surface area contributed by atoms with Crippen molar-refractivity contribution in [3.05, 3.63) is 24.2 Å². The number of furan rings is 1. The minimum Gasteiger partial charge on any atom is -0.459 e. The van der Waals surface area contributed by atoms with E-state index in [2.05, 4.69) is 10.6 Å². The molecule has 2 atom stereocenters. The van der Waals surface area contributed by atoms with Gasteiger partial charge in [-0.05, 0) is 37.8 Å². The third kappa shape index (κ3) is 4.32. The molecule has 1 heterocycles. The lowest BCUT2D eigenvalue weighted by molar-refractivity contribution is -0.123. The highest BCUT2D eigenvalue weighted by molar-refractivity contribution is 5.95. The molecule has 1 aromatic rings. The van der Waals surface area contributed by atoms with Gasteiger partial charge in [-0.2, -0.15) is 0 Å². The predicted molar refractivity (Wildman–Crippen MR) is 76.6 cm³/mol. The second kappa shape index (κ2) is 7.26. The summed E-state index contributed by atoms with van der Waals surface area (Å²) in [6.45, 7) is 1.82. The number of aliphatic hydroxyl groups excluding tert-OH is 1. The normalized spacial score (nSPS) is 18.2. The van der Waals surface area contributed by atoms with Gasteiger partial charge in [0, 0.05) is 6.54 Å². The molecule has 21 heavy (non-hydrogen) atoms. The van der Waals surface area contributed by atoms with Gasteiger partial charge in [0.1, 0.15) is 6.04 Å². The quantitative estimate of drug-likeness (QED) is 0.731. The molecule has 0 aliphatic heterocycles. The fraction of sp³-hybridized carbons (Fsp3) is 0.600. The maximum Gasteiger partial charge on any atom is 0.287 e. The molecule has 1 fully saturated rings. The Bertz CT molecular complexity index is 466. The third-order valence-electron chi connectivity index (χ3n) is 3.92. The Morgan fingerprint density at radius 3 is 2.76 bits per heavy atom. The largest absolute Gasteiger partial charge is 0.459 e. The van der Waals surface area contributed by atoms with Gasteiger partial charge < -0.3 is 20.2 Å². The molecule has 3 N–H and O–H groups in total. The van der Waals surface area contributed by atoms with Crippen molar-refractivity contribution in [2.45, 2.75) is 44.8 Å². The summed E-state index contributed by atoms with van der Waals surface area (Å²) in [5.41, 5.74) is 0. The lowest BCUT2D eigenvalue weighted by Crippen LogP contribution is -2.47. The van der Waals surface area contributed by atoms with E-state index in [1.54, 1.807) is 13.0 Å². The van der Waals surface area contributed by atoms with Crippen molar-refractivity contribution in [1.82, 2.24) is 10.6 Å². The average molecular weight is 294 g/mol. The summed E-state index contributed by atoms with van der Waals surface area (Å²) < 4.78 is 4.96. The molecular formula is C15H22N2O4. The van der Waals surface area contributed by atoms with Crippen LogP contribution in [-0.2, 0) is 4.79 Å². The maximum atomic E-state index is 11.9. The highest BCUT2D eigenvalue weighted by Crippen LogP contribution is 2.27. The fourth-order valence-corrected chi connectivity index (χ4v) is 2.61. The summed E-state index contributed by atoms with van der Waals surface area (Å²) in [5.74, 6) is -0.301. The molecule has 2 rings (SSSR count). The van der Waals surface area contributed by atoms with E-state index < -0.39 is 18.1 Å². The molecular weight excluding hydrogens is 272 g/mol. The van der Waals surface area contributed by atoms with E-state index in [4.69, 9.17) is 4.42 Å². The van der Waals surface area contributed by atoms with E-state index >= 15 is 0 Å². The topological polar surface area (TPSA) is 91.6 Å². The van der Waals surface area contributed by atoms with Crippen LogP contribution in [-0.4, -0.2) is 35.6 Å². The van der Waals surface area contributed by atoms with Crippen molar-refractivity contribution in [3.63, 3.8) is 0 Å². The Kier molecular flexibility index (Phi) is 5.38. The molecule has 0 bridgehead atoms. The number of hydrogen-bond donors (Lipinski definition) is 3. The van der Waals surface area contributed by atoms with Crippen LogP contribution in [0.5, 0.6) is 0 Å². The predicted octanol–water partition coefficient (Wildman–Crippen LogP) is 1.07. The van der Waals surface area contributed by atoms with Gasteiger partial charge >= 0.3 is 0 Å². The molecule has 0 radical (unpaired) electrons. The van der Waals surface area contributed by atoms with Gasteiger partial charge in [-0.3, -0.25) is 9.59 Å². The minimum atomic E-state index is -0.682. The summed E-state index contributed by atoms with van der Waals surface area (Å²) in [7, 11) is 0. The molecule has 1 aliphatic rings. The van der Waals surface area contributed by atoms with E-state index in [1.807, 2.05) is 0 Å². The number of hydrogen-bond acceptors (Lipinski definition) is 4. The monoisotopic (exact) mass is 294 g/mol. The lowest BCUT2D eigenvalue weighted by Gasteiger charge is -2.19. The van der Waals surface area contributed by atoms with Gasteiger partial charge in [0.25, 0.3) is 5.91 Å². The van der Waals surface area contributed by atoms with Crippen LogP contribution in [0.1, 0.15) is 43.2 Å². The second-order valence-corrected chi connectivity index (χ2v) is 5.53. The zero-order valence-electron chi connectivity index (χ0n) is 12.2. The van der Waals surface area contributed by atoms with Crippen LogP contribution >= 0.6 is 0 Å². The van der Waals surface area contributed by atoms with Gasteiger partial charge in [0.15, 0.2) is 5.76 Å². The zero-order valence-corrected chi connectivity index (χ0v) is 12.2. The first-order chi connectivity index (χ1) is 10.1. The molecule has 0 spiro atoms. The Balaban J connectivity index is 1.73. The van der Waals surface area contributed by atoms with Crippen molar-refractivity contribution >= 4 is 11.8 Å². The number of nitrogens with one attached hydrogen (secondary N) is 2. The van der Waals surface area contributed by atoms with Crippen molar-refractivity contribution in [2.24, 2.45) is 5.92 Å². The molecule has 2 amide bonds. The molecule has 1 aliphatic carbocycles. The van der Waals surface area contributed by atoms with Crippen molar-refractivity contribution < 1.29 is 19.1 Å². The molecule has 1 saturated carbocycles. The number of carbonyl (C=O) groups excluding carboxylic acids is 2. The van der Waals surface area contributed by atoms with Crippen LogP contribution in [0.15, 0.2) is 22.8 Å². The van der Waals surface area contributed by atoms with E-state index in [1.165, 1.54) is 12.3 Å². The summed E-state index contributed by atoms with van der Waals surface area (Å²) >= 11 is 0. The standard InChI is InChI=1S/C15H22N2O4/c1-10(17-15(20)13-7-4-8-21-13)14(19)16-9-12(18)11-5-2-3-6-11/h4,7-8,10-12,18H,2-3,5-6,9H2,1H3,(H,16,19)(H,17,20). The summed E-state index contributed by atoms with van der Waals surface area (Å²) in [6.07, 6.45) is 5.21.